The second-order valence-corrected chi connectivity index (χ2v) is 12.6. The van der Waals surface area contributed by atoms with E-state index in [1.807, 2.05) is 6.92 Å². The summed E-state index contributed by atoms with van der Waals surface area (Å²) >= 11 is -1.38. The second kappa shape index (κ2) is 9.40. The first kappa shape index (κ1) is 17.5. The summed E-state index contributed by atoms with van der Waals surface area (Å²) < 4.78 is 11.9. The van der Waals surface area contributed by atoms with Gasteiger partial charge in [-0.3, -0.25) is 0 Å². The predicted octanol–water partition coefficient (Wildman–Crippen LogP) is 4.27. The van der Waals surface area contributed by atoms with Crippen LogP contribution in [-0.2, 0) is 8.50 Å². The van der Waals surface area contributed by atoms with Gasteiger partial charge >= 0.3 is 113 Å². The first-order valence-corrected chi connectivity index (χ1v) is 10.3. The van der Waals surface area contributed by atoms with Gasteiger partial charge in [0.15, 0.2) is 0 Å². The van der Waals surface area contributed by atoms with Crippen molar-refractivity contribution in [2.24, 2.45) is 5.92 Å². The van der Waals surface area contributed by atoms with E-state index in [-0.39, 0.29) is 0 Å². The van der Waals surface area contributed by atoms with E-state index in [0.717, 1.165) is 32.2 Å². The minimum atomic E-state index is -1.38. The monoisotopic (exact) mass is 305 g/mol. The molecule has 0 aromatic carbocycles. The van der Waals surface area contributed by atoms with Crippen molar-refractivity contribution in [1.29, 1.82) is 0 Å². The maximum atomic E-state index is 6.19. The van der Waals surface area contributed by atoms with Crippen molar-refractivity contribution >= 4 is 14.7 Å². The zero-order valence-electron chi connectivity index (χ0n) is 12.6. The Hall–Kier alpha value is 0.463. The fourth-order valence-electron chi connectivity index (χ4n) is 1.58. The van der Waals surface area contributed by atoms with E-state index in [2.05, 4.69) is 34.6 Å². The third-order valence-corrected chi connectivity index (χ3v) is 8.93. The van der Waals surface area contributed by atoms with Gasteiger partial charge in [0.25, 0.3) is 0 Å². The molecule has 0 spiro atoms. The Morgan fingerprint density at radius 3 is 2.24 bits per heavy atom. The molecule has 0 rings (SSSR count). The van der Waals surface area contributed by atoms with E-state index in [9.17, 15) is 0 Å². The summed E-state index contributed by atoms with van der Waals surface area (Å²) in [7, 11) is 0. The van der Waals surface area contributed by atoms with Crippen LogP contribution in [0.5, 0.6) is 0 Å². The van der Waals surface area contributed by atoms with Gasteiger partial charge in [-0.25, -0.2) is 0 Å². The molecule has 0 aliphatic heterocycles. The van der Waals surface area contributed by atoms with Gasteiger partial charge in [-0.2, -0.15) is 0 Å². The van der Waals surface area contributed by atoms with E-state index in [4.69, 9.17) is 8.50 Å². The van der Waals surface area contributed by atoms with Crippen LogP contribution in [0.3, 0.4) is 0 Å². The number of hydrogen-bond donors (Lipinski definition) is 0. The SMILES string of the molecule is CCOCCC[O][Ge]([CH2]CC(C)C)[C](C)(C)C. The van der Waals surface area contributed by atoms with Crippen molar-refractivity contribution in [2.75, 3.05) is 19.8 Å². The van der Waals surface area contributed by atoms with E-state index >= 15 is 0 Å². The van der Waals surface area contributed by atoms with Crippen LogP contribution in [0, 0.1) is 5.92 Å². The van der Waals surface area contributed by atoms with Crippen molar-refractivity contribution in [3.8, 4) is 0 Å². The first-order valence-electron chi connectivity index (χ1n) is 6.94. The molecule has 0 saturated heterocycles. The van der Waals surface area contributed by atoms with E-state index in [1.54, 1.807) is 0 Å². The van der Waals surface area contributed by atoms with Crippen LogP contribution in [0.15, 0.2) is 0 Å². The van der Waals surface area contributed by atoms with Crippen molar-refractivity contribution in [2.45, 2.75) is 63.9 Å². The molecule has 103 valence electrons. The third kappa shape index (κ3) is 10.1. The molecule has 0 amide bonds. The Morgan fingerprint density at radius 1 is 1.12 bits per heavy atom. The summed E-state index contributed by atoms with van der Waals surface area (Å²) in [6.07, 6.45) is 2.36. The van der Waals surface area contributed by atoms with Crippen LogP contribution in [0.2, 0.25) is 9.50 Å². The van der Waals surface area contributed by atoms with E-state index in [0.29, 0.717) is 4.25 Å². The van der Waals surface area contributed by atoms with Crippen LogP contribution < -0.4 is 0 Å². The molecule has 0 aliphatic carbocycles. The maximum absolute atomic E-state index is 6.19. The number of ether oxygens (including phenoxy) is 1. The van der Waals surface area contributed by atoms with Crippen LogP contribution in [0.25, 0.3) is 0 Å². The van der Waals surface area contributed by atoms with Gasteiger partial charge in [-0.05, 0) is 0 Å². The standard InChI is InChI=1S/C14H31GeO2/c1-7-16-11-8-12-17-15(14(4,5)6)10-9-13(2)3/h13H,7-12H2,1-6H3. The quantitative estimate of drug-likeness (QED) is 0.468. The second-order valence-electron chi connectivity index (χ2n) is 6.00. The summed E-state index contributed by atoms with van der Waals surface area (Å²) in [5.74, 6) is 0.798. The molecule has 0 N–H and O–H groups in total. The molecule has 0 saturated carbocycles. The molecular formula is C14H31GeO2. The average molecular weight is 304 g/mol. The fourth-order valence-corrected chi connectivity index (χ4v) is 6.95. The number of rotatable bonds is 9. The molecule has 0 aromatic heterocycles. The molecule has 0 atom stereocenters. The molecule has 0 aromatic rings. The van der Waals surface area contributed by atoms with Crippen LogP contribution in [-0.4, -0.2) is 34.5 Å². The number of hydrogen-bond acceptors (Lipinski definition) is 2. The summed E-state index contributed by atoms with van der Waals surface area (Å²) in [6, 6.07) is 0. The molecule has 2 nitrogen and oxygen atoms in total. The van der Waals surface area contributed by atoms with Gasteiger partial charge in [-0.15, -0.1) is 0 Å². The van der Waals surface area contributed by atoms with Gasteiger partial charge in [0.05, 0.1) is 0 Å². The van der Waals surface area contributed by atoms with Crippen molar-refractivity contribution < 1.29 is 8.50 Å². The van der Waals surface area contributed by atoms with E-state index < -0.39 is 14.7 Å². The van der Waals surface area contributed by atoms with Crippen molar-refractivity contribution in [3.63, 3.8) is 0 Å². The van der Waals surface area contributed by atoms with Gasteiger partial charge < -0.3 is 0 Å². The van der Waals surface area contributed by atoms with Crippen LogP contribution in [0.4, 0.5) is 0 Å². The molecule has 0 fully saturated rings. The molecule has 3 heteroatoms. The molecule has 0 heterocycles. The zero-order valence-corrected chi connectivity index (χ0v) is 14.7. The first-order chi connectivity index (χ1) is 7.88. The molecule has 1 radical (unpaired) electrons. The molecule has 0 unspecified atom stereocenters. The zero-order chi connectivity index (χ0) is 13.3. The normalized spacial score (nSPS) is 12.7. The van der Waals surface area contributed by atoms with Crippen LogP contribution in [0.1, 0.15) is 54.4 Å². The van der Waals surface area contributed by atoms with Gasteiger partial charge in [0.1, 0.15) is 0 Å². The summed E-state index contributed by atoms with van der Waals surface area (Å²) in [5, 5.41) is 1.33. The Bertz CT molecular complexity index is 176. The van der Waals surface area contributed by atoms with Gasteiger partial charge in [0, 0.05) is 0 Å². The molecule has 0 bridgehead atoms. The minimum absolute atomic E-state index is 0.403. The Kier molecular flexibility index (Phi) is 9.66. The van der Waals surface area contributed by atoms with Gasteiger partial charge in [0.2, 0.25) is 0 Å². The summed E-state index contributed by atoms with van der Waals surface area (Å²) in [5.41, 5.74) is 0. The topological polar surface area (TPSA) is 18.5 Å². The van der Waals surface area contributed by atoms with Crippen molar-refractivity contribution in [1.82, 2.24) is 0 Å². The summed E-state index contributed by atoms with van der Waals surface area (Å²) in [4.78, 5) is 0. The molecule has 0 aliphatic rings. The Balaban J connectivity index is 3.87. The van der Waals surface area contributed by atoms with Gasteiger partial charge in [-0.1, -0.05) is 0 Å². The molecule has 17 heavy (non-hydrogen) atoms. The third-order valence-electron chi connectivity index (χ3n) is 2.70. The van der Waals surface area contributed by atoms with Crippen LogP contribution >= 0.6 is 0 Å². The summed E-state index contributed by atoms with van der Waals surface area (Å²) in [6.45, 7) is 16.2. The van der Waals surface area contributed by atoms with E-state index in [1.165, 1.54) is 11.7 Å². The average Bonchev–Trinajstić information content (AvgIpc) is 2.19. The fraction of sp³-hybridized carbons (Fsp3) is 1.00. The molecular weight excluding hydrogens is 273 g/mol. The Morgan fingerprint density at radius 2 is 1.76 bits per heavy atom. The predicted molar refractivity (Wildman–Crippen MR) is 76.8 cm³/mol. The van der Waals surface area contributed by atoms with Crippen molar-refractivity contribution in [3.05, 3.63) is 0 Å². The Labute approximate surface area is 113 Å².